The molecule has 0 aliphatic rings. The van der Waals surface area contributed by atoms with Crippen molar-refractivity contribution in [2.45, 2.75) is 25.3 Å². The molecule has 7 nitrogen and oxygen atoms in total. The summed E-state index contributed by atoms with van der Waals surface area (Å²) in [5, 5.41) is 10.1. The first kappa shape index (κ1) is 20.0. The largest absolute Gasteiger partial charge is 0.486 e. The molecule has 1 amide bonds. The summed E-state index contributed by atoms with van der Waals surface area (Å²) >= 11 is 1.31. The van der Waals surface area contributed by atoms with Gasteiger partial charge in [-0.2, -0.15) is 0 Å². The highest BCUT2D eigenvalue weighted by Gasteiger charge is 2.15. The van der Waals surface area contributed by atoms with E-state index < -0.39 is 15.9 Å². The molecular weight excluding hydrogens is 398 g/mol. The predicted octanol–water partition coefficient (Wildman–Crippen LogP) is 3.24. The molecular formula is C19H19N3O4S2. The molecule has 9 heteroatoms. The molecule has 3 N–H and O–H groups in total. The molecule has 1 heterocycles. The standard InChI is InChI=1S/C19H19N3O4S2/c1-12-3-7-15(8-4-12)26-10-18-22-16(11-27-18)19(23)21-14-6-5-13(2)17(9-14)28(20,24)25/h3-9,11H,10H2,1-2H3,(H,21,23)(H2,20,24,25). The SMILES string of the molecule is Cc1ccc(OCc2nc(C(=O)Nc3ccc(C)c(S(N)(=O)=O)c3)cs2)cc1. The molecule has 0 atom stereocenters. The number of rotatable bonds is 6. The molecule has 0 spiro atoms. The van der Waals surface area contributed by atoms with Crippen LogP contribution in [0.1, 0.15) is 26.6 Å². The molecule has 0 aliphatic heterocycles. The van der Waals surface area contributed by atoms with Crippen molar-refractivity contribution in [1.29, 1.82) is 0 Å². The zero-order valence-electron chi connectivity index (χ0n) is 15.3. The summed E-state index contributed by atoms with van der Waals surface area (Å²) in [5.74, 6) is 0.282. The van der Waals surface area contributed by atoms with Crippen LogP contribution in [0.5, 0.6) is 5.75 Å². The van der Waals surface area contributed by atoms with E-state index in [2.05, 4.69) is 10.3 Å². The molecule has 0 saturated carbocycles. The third-order valence-corrected chi connectivity index (χ3v) is 5.80. The molecule has 0 fully saturated rings. The Bertz CT molecular complexity index is 1110. The molecule has 0 radical (unpaired) electrons. The van der Waals surface area contributed by atoms with Gasteiger partial charge in [-0.25, -0.2) is 18.5 Å². The van der Waals surface area contributed by atoms with Crippen molar-refractivity contribution in [3.63, 3.8) is 0 Å². The first-order chi connectivity index (χ1) is 13.2. The molecule has 2 aromatic carbocycles. The lowest BCUT2D eigenvalue weighted by Crippen LogP contribution is -2.16. The molecule has 0 bridgehead atoms. The van der Waals surface area contributed by atoms with Crippen LogP contribution < -0.4 is 15.2 Å². The van der Waals surface area contributed by atoms with Crippen molar-refractivity contribution in [2.75, 3.05) is 5.32 Å². The van der Waals surface area contributed by atoms with Gasteiger partial charge in [-0.1, -0.05) is 23.8 Å². The summed E-state index contributed by atoms with van der Waals surface area (Å²) in [6.07, 6.45) is 0. The van der Waals surface area contributed by atoms with E-state index >= 15 is 0 Å². The Kier molecular flexibility index (Phi) is 5.78. The highest BCUT2D eigenvalue weighted by molar-refractivity contribution is 7.89. The molecule has 3 rings (SSSR count). The van der Waals surface area contributed by atoms with Crippen LogP contribution in [0.25, 0.3) is 0 Å². The quantitative estimate of drug-likeness (QED) is 0.639. The fraction of sp³-hybridized carbons (Fsp3) is 0.158. The average Bonchev–Trinajstić information content (AvgIpc) is 3.11. The fourth-order valence-corrected chi connectivity index (χ4v) is 3.93. The van der Waals surface area contributed by atoms with Gasteiger partial charge in [0.2, 0.25) is 10.0 Å². The summed E-state index contributed by atoms with van der Waals surface area (Å²) < 4.78 is 28.9. The molecule has 146 valence electrons. The van der Waals surface area contributed by atoms with Crippen molar-refractivity contribution in [2.24, 2.45) is 5.14 Å². The smallest absolute Gasteiger partial charge is 0.275 e. The van der Waals surface area contributed by atoms with Crippen LogP contribution in [0, 0.1) is 13.8 Å². The summed E-state index contributed by atoms with van der Waals surface area (Å²) in [7, 11) is -3.87. The number of ether oxygens (including phenoxy) is 1. The number of carbonyl (C=O) groups excluding carboxylic acids is 1. The van der Waals surface area contributed by atoms with Gasteiger partial charge >= 0.3 is 0 Å². The maximum absolute atomic E-state index is 12.4. The van der Waals surface area contributed by atoms with Gasteiger partial charge in [0.1, 0.15) is 23.1 Å². The molecule has 0 saturated heterocycles. The van der Waals surface area contributed by atoms with E-state index in [0.717, 1.165) is 11.3 Å². The lowest BCUT2D eigenvalue weighted by atomic mass is 10.2. The van der Waals surface area contributed by atoms with Crippen molar-refractivity contribution >= 4 is 33.0 Å². The normalized spacial score (nSPS) is 11.2. The Balaban J connectivity index is 1.66. The minimum absolute atomic E-state index is 0.0317. The number of sulfonamides is 1. The van der Waals surface area contributed by atoms with E-state index in [9.17, 15) is 13.2 Å². The van der Waals surface area contributed by atoms with Crippen LogP contribution in [-0.2, 0) is 16.6 Å². The van der Waals surface area contributed by atoms with E-state index in [1.54, 1.807) is 24.4 Å². The summed E-state index contributed by atoms with van der Waals surface area (Å²) in [4.78, 5) is 16.6. The number of aryl methyl sites for hydroxylation is 2. The van der Waals surface area contributed by atoms with Gasteiger partial charge in [0.25, 0.3) is 5.91 Å². The second-order valence-electron chi connectivity index (χ2n) is 6.21. The first-order valence-electron chi connectivity index (χ1n) is 8.31. The average molecular weight is 418 g/mol. The minimum atomic E-state index is -3.87. The van der Waals surface area contributed by atoms with Crippen LogP contribution in [-0.4, -0.2) is 19.3 Å². The Labute approximate surface area is 167 Å². The maximum atomic E-state index is 12.4. The number of thiazole rings is 1. The number of nitrogens with zero attached hydrogens (tertiary/aromatic N) is 1. The van der Waals surface area contributed by atoms with Crippen molar-refractivity contribution in [3.05, 3.63) is 69.7 Å². The zero-order chi connectivity index (χ0) is 20.3. The van der Waals surface area contributed by atoms with Crippen LogP contribution >= 0.6 is 11.3 Å². The number of nitrogens with one attached hydrogen (secondary N) is 1. The summed E-state index contributed by atoms with van der Waals surface area (Å²) in [5.41, 5.74) is 2.20. The second kappa shape index (κ2) is 8.09. The van der Waals surface area contributed by atoms with Crippen LogP contribution in [0.2, 0.25) is 0 Å². The van der Waals surface area contributed by atoms with E-state index in [1.807, 2.05) is 31.2 Å². The predicted molar refractivity (Wildman–Crippen MR) is 108 cm³/mol. The van der Waals surface area contributed by atoms with Crippen molar-refractivity contribution < 1.29 is 17.9 Å². The van der Waals surface area contributed by atoms with Gasteiger partial charge in [-0.15, -0.1) is 11.3 Å². The molecule has 1 aromatic heterocycles. The highest BCUT2D eigenvalue weighted by atomic mass is 32.2. The third-order valence-electron chi connectivity index (χ3n) is 3.92. The number of primary sulfonamides is 1. The van der Waals surface area contributed by atoms with Gasteiger partial charge in [0.05, 0.1) is 4.90 Å². The van der Waals surface area contributed by atoms with Crippen molar-refractivity contribution in [1.82, 2.24) is 4.98 Å². The van der Waals surface area contributed by atoms with Gasteiger partial charge in [0, 0.05) is 11.1 Å². The lowest BCUT2D eigenvalue weighted by molar-refractivity contribution is 0.102. The lowest BCUT2D eigenvalue weighted by Gasteiger charge is -2.08. The van der Waals surface area contributed by atoms with Gasteiger partial charge < -0.3 is 10.1 Å². The molecule has 0 unspecified atom stereocenters. The van der Waals surface area contributed by atoms with Crippen molar-refractivity contribution in [3.8, 4) is 5.75 Å². The Morgan fingerprint density at radius 2 is 1.89 bits per heavy atom. The fourth-order valence-electron chi connectivity index (χ4n) is 2.44. The number of aromatic nitrogens is 1. The van der Waals surface area contributed by atoms with E-state index in [-0.39, 0.29) is 17.2 Å². The zero-order valence-corrected chi connectivity index (χ0v) is 16.9. The number of carbonyl (C=O) groups is 1. The molecule has 3 aromatic rings. The van der Waals surface area contributed by atoms with Gasteiger partial charge in [0.15, 0.2) is 0 Å². The highest BCUT2D eigenvalue weighted by Crippen LogP contribution is 2.21. The number of benzene rings is 2. The number of nitrogens with two attached hydrogens (primary N) is 1. The summed E-state index contributed by atoms with van der Waals surface area (Å²) in [6.45, 7) is 3.88. The monoisotopic (exact) mass is 417 g/mol. The van der Waals surface area contributed by atoms with E-state index in [1.165, 1.54) is 17.4 Å². The minimum Gasteiger partial charge on any atom is -0.486 e. The number of hydrogen-bond acceptors (Lipinski definition) is 6. The van der Waals surface area contributed by atoms with Crippen LogP contribution in [0.4, 0.5) is 5.69 Å². The third kappa shape index (κ3) is 4.94. The molecule has 0 aliphatic carbocycles. The Morgan fingerprint density at radius 3 is 2.57 bits per heavy atom. The molecule has 28 heavy (non-hydrogen) atoms. The first-order valence-corrected chi connectivity index (χ1v) is 10.7. The van der Waals surface area contributed by atoms with Crippen LogP contribution in [0.3, 0.4) is 0 Å². The van der Waals surface area contributed by atoms with E-state index in [0.29, 0.717) is 16.3 Å². The number of amides is 1. The van der Waals surface area contributed by atoms with E-state index in [4.69, 9.17) is 9.88 Å². The topological polar surface area (TPSA) is 111 Å². The number of anilines is 1. The van der Waals surface area contributed by atoms with Crippen LogP contribution in [0.15, 0.2) is 52.7 Å². The maximum Gasteiger partial charge on any atom is 0.275 e. The second-order valence-corrected chi connectivity index (χ2v) is 8.68. The van der Waals surface area contributed by atoms with Gasteiger partial charge in [-0.05, 0) is 43.7 Å². The Morgan fingerprint density at radius 1 is 1.18 bits per heavy atom. The van der Waals surface area contributed by atoms with Gasteiger partial charge in [-0.3, -0.25) is 4.79 Å². The summed E-state index contributed by atoms with van der Waals surface area (Å²) in [6, 6.07) is 12.2. The Hall–Kier alpha value is -2.75. The number of hydrogen-bond donors (Lipinski definition) is 2.